The first-order chi connectivity index (χ1) is 11.6. The van der Waals surface area contributed by atoms with E-state index < -0.39 is 0 Å². The van der Waals surface area contributed by atoms with Crippen LogP contribution in [0.5, 0.6) is 0 Å². The van der Waals surface area contributed by atoms with Gasteiger partial charge in [0, 0.05) is 17.7 Å². The Kier molecular flexibility index (Phi) is 4.57. The highest BCUT2D eigenvalue weighted by Gasteiger charge is 2.15. The van der Waals surface area contributed by atoms with Crippen molar-refractivity contribution in [2.75, 3.05) is 5.73 Å². The smallest absolute Gasteiger partial charge is 0.202 e. The predicted octanol–water partition coefficient (Wildman–Crippen LogP) is 3.71. The molecule has 0 saturated carbocycles. The normalized spacial score (nSPS) is 10.5. The first kappa shape index (κ1) is 15.7. The quantitative estimate of drug-likeness (QED) is 0.555. The van der Waals surface area contributed by atoms with E-state index in [1.54, 1.807) is 30.3 Å². The molecule has 4 nitrogen and oxygen atoms in total. The summed E-state index contributed by atoms with van der Waals surface area (Å²) in [6.45, 7) is 0. The fourth-order valence-electron chi connectivity index (χ4n) is 2.46. The number of hydrogen-bond donors (Lipinski definition) is 1. The Morgan fingerprint density at radius 2 is 1.50 bits per heavy atom. The fourth-order valence-corrected chi connectivity index (χ4v) is 2.46. The SMILES string of the molecule is Nc1ccccc1CC(=O)c1ccc(CC(=O)c2ccccc2)o1. The van der Waals surface area contributed by atoms with Crippen molar-refractivity contribution >= 4 is 17.3 Å². The molecule has 24 heavy (non-hydrogen) atoms. The maximum Gasteiger partial charge on any atom is 0.202 e. The van der Waals surface area contributed by atoms with Crippen LogP contribution < -0.4 is 5.73 Å². The molecule has 0 saturated heterocycles. The van der Waals surface area contributed by atoms with E-state index in [-0.39, 0.29) is 30.2 Å². The van der Waals surface area contributed by atoms with E-state index in [9.17, 15) is 9.59 Å². The summed E-state index contributed by atoms with van der Waals surface area (Å²) in [7, 11) is 0. The summed E-state index contributed by atoms with van der Waals surface area (Å²) in [5.41, 5.74) is 7.82. The molecule has 0 fully saturated rings. The number of rotatable bonds is 6. The summed E-state index contributed by atoms with van der Waals surface area (Å²) >= 11 is 0. The molecule has 3 rings (SSSR count). The standard InChI is InChI=1S/C20H17NO3/c21-17-9-5-4-8-15(17)12-19(23)20-11-10-16(24-20)13-18(22)14-6-2-1-3-7-14/h1-11H,12-13,21H2. The van der Waals surface area contributed by atoms with Crippen LogP contribution in [0.25, 0.3) is 0 Å². The number of hydrogen-bond acceptors (Lipinski definition) is 4. The number of para-hydroxylation sites is 1. The van der Waals surface area contributed by atoms with Crippen LogP contribution in [0.1, 0.15) is 32.2 Å². The number of carbonyl (C=O) groups excluding carboxylic acids is 2. The molecule has 0 amide bonds. The Morgan fingerprint density at radius 1 is 0.792 bits per heavy atom. The topological polar surface area (TPSA) is 73.3 Å². The molecular weight excluding hydrogens is 302 g/mol. The van der Waals surface area contributed by atoms with Crippen LogP contribution in [0.3, 0.4) is 0 Å². The molecular formula is C20H17NO3. The van der Waals surface area contributed by atoms with Gasteiger partial charge in [-0.3, -0.25) is 9.59 Å². The van der Waals surface area contributed by atoms with Crippen LogP contribution in [-0.2, 0) is 12.8 Å². The number of furan rings is 1. The minimum Gasteiger partial charge on any atom is -0.457 e. The first-order valence-electron chi connectivity index (χ1n) is 7.67. The second-order valence-electron chi connectivity index (χ2n) is 5.53. The number of carbonyl (C=O) groups is 2. The zero-order valence-electron chi connectivity index (χ0n) is 13.1. The number of benzene rings is 2. The second kappa shape index (κ2) is 6.96. The molecule has 0 spiro atoms. The largest absolute Gasteiger partial charge is 0.457 e. The lowest BCUT2D eigenvalue weighted by Crippen LogP contribution is -2.05. The Bertz CT molecular complexity index is 865. The highest BCUT2D eigenvalue weighted by molar-refractivity contribution is 5.98. The fraction of sp³-hybridized carbons (Fsp3) is 0.100. The first-order valence-corrected chi connectivity index (χ1v) is 7.67. The second-order valence-corrected chi connectivity index (χ2v) is 5.53. The van der Waals surface area contributed by atoms with Crippen LogP contribution in [0.2, 0.25) is 0 Å². The molecule has 0 radical (unpaired) electrons. The Labute approximate surface area is 139 Å². The highest BCUT2D eigenvalue weighted by Crippen LogP contribution is 2.17. The van der Waals surface area contributed by atoms with E-state index in [4.69, 9.17) is 10.2 Å². The van der Waals surface area contributed by atoms with Crippen molar-refractivity contribution in [3.8, 4) is 0 Å². The summed E-state index contributed by atoms with van der Waals surface area (Å²) < 4.78 is 5.54. The van der Waals surface area contributed by atoms with Gasteiger partial charge in [-0.25, -0.2) is 0 Å². The third-order valence-electron chi connectivity index (χ3n) is 3.77. The highest BCUT2D eigenvalue weighted by atomic mass is 16.3. The molecule has 120 valence electrons. The summed E-state index contributed by atoms with van der Waals surface area (Å²) in [5, 5.41) is 0. The van der Waals surface area contributed by atoms with Gasteiger partial charge in [0.05, 0.1) is 6.42 Å². The molecule has 0 atom stereocenters. The van der Waals surface area contributed by atoms with Crippen LogP contribution in [-0.4, -0.2) is 11.6 Å². The van der Waals surface area contributed by atoms with Gasteiger partial charge in [0.1, 0.15) is 5.76 Å². The summed E-state index contributed by atoms with van der Waals surface area (Å²) in [4.78, 5) is 24.5. The lowest BCUT2D eigenvalue weighted by atomic mass is 10.1. The lowest BCUT2D eigenvalue weighted by Gasteiger charge is -2.03. The van der Waals surface area contributed by atoms with Crippen molar-refractivity contribution in [3.05, 3.63) is 89.4 Å². The lowest BCUT2D eigenvalue weighted by molar-refractivity contribution is 0.0950. The van der Waals surface area contributed by atoms with Crippen LogP contribution >= 0.6 is 0 Å². The van der Waals surface area contributed by atoms with Crippen molar-refractivity contribution in [1.82, 2.24) is 0 Å². The van der Waals surface area contributed by atoms with Gasteiger partial charge in [0.15, 0.2) is 11.5 Å². The Morgan fingerprint density at radius 3 is 2.25 bits per heavy atom. The summed E-state index contributed by atoms with van der Waals surface area (Å²) in [5.74, 6) is 0.518. The van der Waals surface area contributed by atoms with E-state index in [1.807, 2.05) is 36.4 Å². The van der Waals surface area contributed by atoms with Crippen molar-refractivity contribution in [3.63, 3.8) is 0 Å². The zero-order chi connectivity index (χ0) is 16.9. The maximum absolute atomic E-state index is 12.3. The average Bonchev–Trinajstić information content (AvgIpc) is 3.06. The molecule has 0 unspecified atom stereocenters. The van der Waals surface area contributed by atoms with Crippen molar-refractivity contribution < 1.29 is 14.0 Å². The van der Waals surface area contributed by atoms with E-state index in [0.717, 1.165) is 5.56 Å². The third kappa shape index (κ3) is 3.60. The molecule has 0 bridgehead atoms. The number of nitrogen functional groups attached to an aromatic ring is 1. The van der Waals surface area contributed by atoms with E-state index in [1.165, 1.54) is 0 Å². The molecule has 2 N–H and O–H groups in total. The molecule has 1 heterocycles. The van der Waals surface area contributed by atoms with E-state index in [2.05, 4.69) is 0 Å². The maximum atomic E-state index is 12.3. The van der Waals surface area contributed by atoms with Gasteiger partial charge in [0.25, 0.3) is 0 Å². The van der Waals surface area contributed by atoms with Crippen LogP contribution in [0, 0.1) is 0 Å². The van der Waals surface area contributed by atoms with Crippen molar-refractivity contribution in [2.45, 2.75) is 12.8 Å². The Balaban J connectivity index is 1.68. The molecule has 3 aromatic rings. The van der Waals surface area contributed by atoms with Crippen LogP contribution in [0.4, 0.5) is 5.69 Å². The summed E-state index contributed by atoms with van der Waals surface area (Å²) in [6.07, 6.45) is 0.303. The third-order valence-corrected chi connectivity index (χ3v) is 3.77. The zero-order valence-corrected chi connectivity index (χ0v) is 13.1. The molecule has 0 aliphatic heterocycles. The van der Waals surface area contributed by atoms with E-state index in [0.29, 0.717) is 17.0 Å². The van der Waals surface area contributed by atoms with Gasteiger partial charge in [-0.1, -0.05) is 48.5 Å². The number of ketones is 2. The molecule has 0 aliphatic rings. The predicted molar refractivity (Wildman–Crippen MR) is 92.1 cm³/mol. The van der Waals surface area contributed by atoms with Crippen LogP contribution in [0.15, 0.2) is 71.1 Å². The van der Waals surface area contributed by atoms with E-state index >= 15 is 0 Å². The van der Waals surface area contributed by atoms with Crippen molar-refractivity contribution in [2.24, 2.45) is 0 Å². The summed E-state index contributed by atoms with van der Waals surface area (Å²) in [6, 6.07) is 19.5. The van der Waals surface area contributed by atoms with Gasteiger partial charge < -0.3 is 10.2 Å². The molecule has 1 aromatic heterocycles. The number of Topliss-reactive ketones (excluding diaryl/α,β-unsaturated/α-hetero) is 2. The number of nitrogens with two attached hydrogens (primary N) is 1. The average molecular weight is 319 g/mol. The van der Waals surface area contributed by atoms with Gasteiger partial charge in [-0.05, 0) is 23.8 Å². The monoisotopic (exact) mass is 319 g/mol. The van der Waals surface area contributed by atoms with Crippen molar-refractivity contribution in [1.29, 1.82) is 0 Å². The minimum atomic E-state index is -0.161. The van der Waals surface area contributed by atoms with Gasteiger partial charge in [0.2, 0.25) is 5.78 Å². The molecule has 4 heteroatoms. The van der Waals surface area contributed by atoms with Gasteiger partial charge >= 0.3 is 0 Å². The molecule has 0 aliphatic carbocycles. The van der Waals surface area contributed by atoms with Gasteiger partial charge in [-0.2, -0.15) is 0 Å². The van der Waals surface area contributed by atoms with Gasteiger partial charge in [-0.15, -0.1) is 0 Å². The number of anilines is 1. The minimum absolute atomic E-state index is 0.0451. The molecule has 2 aromatic carbocycles. The Hall–Kier alpha value is -3.14.